The highest BCUT2D eigenvalue weighted by Gasteiger charge is 2.53. The second-order valence-corrected chi connectivity index (χ2v) is 7.88. The molecule has 0 radical (unpaired) electrons. The highest BCUT2D eigenvalue weighted by atomic mass is 16.5. The first-order chi connectivity index (χ1) is 11.9. The Morgan fingerprint density at radius 2 is 2.04 bits per heavy atom. The van der Waals surface area contributed by atoms with Gasteiger partial charge in [-0.05, 0) is 51.4 Å². The summed E-state index contributed by atoms with van der Waals surface area (Å²) in [5, 5.41) is 2.97. The van der Waals surface area contributed by atoms with Crippen LogP contribution in [-0.4, -0.2) is 54.7 Å². The van der Waals surface area contributed by atoms with Gasteiger partial charge in [0.1, 0.15) is 11.5 Å². The van der Waals surface area contributed by atoms with Crippen LogP contribution in [0.2, 0.25) is 0 Å². The lowest BCUT2D eigenvalue weighted by molar-refractivity contribution is -0.914. The van der Waals surface area contributed by atoms with E-state index < -0.39 is 5.54 Å². The van der Waals surface area contributed by atoms with E-state index in [2.05, 4.69) is 12.2 Å². The summed E-state index contributed by atoms with van der Waals surface area (Å²) in [5.74, 6) is 0.251. The molecular weight excluding hydrogens is 322 g/mol. The van der Waals surface area contributed by atoms with Crippen LogP contribution in [0, 0.1) is 11.8 Å². The molecule has 0 aromatic heterocycles. The second kappa shape index (κ2) is 7.32. The van der Waals surface area contributed by atoms with E-state index in [1.807, 2.05) is 6.92 Å². The first-order valence-electron chi connectivity index (χ1n) is 9.59. The van der Waals surface area contributed by atoms with Crippen molar-refractivity contribution in [2.75, 3.05) is 26.4 Å². The van der Waals surface area contributed by atoms with Gasteiger partial charge in [-0.3, -0.25) is 9.59 Å². The highest BCUT2D eigenvalue weighted by molar-refractivity contribution is 6.06. The van der Waals surface area contributed by atoms with Crippen molar-refractivity contribution in [1.82, 2.24) is 10.2 Å². The maximum atomic E-state index is 12.9. The Kier molecular flexibility index (Phi) is 5.32. The quantitative estimate of drug-likeness (QED) is 0.563. The molecule has 2 aliphatic heterocycles. The van der Waals surface area contributed by atoms with E-state index in [1.165, 1.54) is 4.90 Å². The van der Waals surface area contributed by atoms with Crippen molar-refractivity contribution in [2.24, 2.45) is 11.8 Å². The van der Waals surface area contributed by atoms with Crippen LogP contribution in [0.25, 0.3) is 0 Å². The molecular formula is C18H30N3O4+. The van der Waals surface area contributed by atoms with E-state index >= 15 is 0 Å². The minimum Gasteiger partial charge on any atom is -0.466 e. The van der Waals surface area contributed by atoms with Gasteiger partial charge in [0.25, 0.3) is 5.91 Å². The molecule has 2 N–H and O–H groups in total. The Labute approximate surface area is 149 Å². The summed E-state index contributed by atoms with van der Waals surface area (Å²) in [6.45, 7) is 6.23. The zero-order valence-corrected chi connectivity index (χ0v) is 15.3. The Morgan fingerprint density at radius 3 is 2.72 bits per heavy atom. The Balaban J connectivity index is 1.61. The lowest BCUT2D eigenvalue weighted by Crippen LogP contribution is -3.15. The van der Waals surface area contributed by atoms with Gasteiger partial charge in [-0.2, -0.15) is 0 Å². The summed E-state index contributed by atoms with van der Waals surface area (Å²) in [5.41, 5.74) is -0.681. The maximum Gasteiger partial charge on any atom is 0.329 e. The molecule has 0 bridgehead atoms. The first kappa shape index (κ1) is 18.2. The van der Waals surface area contributed by atoms with Crippen LogP contribution in [0.3, 0.4) is 0 Å². The number of nitrogens with zero attached hydrogens (tertiary/aromatic N) is 1. The average molecular weight is 352 g/mol. The smallest absolute Gasteiger partial charge is 0.329 e. The monoisotopic (exact) mass is 352 g/mol. The van der Waals surface area contributed by atoms with Gasteiger partial charge >= 0.3 is 12.0 Å². The van der Waals surface area contributed by atoms with E-state index in [-0.39, 0.29) is 23.8 Å². The van der Waals surface area contributed by atoms with Gasteiger partial charge < -0.3 is 15.0 Å². The normalized spacial score (nSPS) is 35.8. The van der Waals surface area contributed by atoms with Gasteiger partial charge in [-0.15, -0.1) is 0 Å². The van der Waals surface area contributed by atoms with Crippen LogP contribution in [0.1, 0.15) is 52.4 Å². The molecule has 1 aliphatic carbocycles. The van der Waals surface area contributed by atoms with Gasteiger partial charge in [0.15, 0.2) is 6.67 Å². The van der Waals surface area contributed by atoms with Crippen LogP contribution in [-0.2, 0) is 14.3 Å². The van der Waals surface area contributed by atoms with E-state index in [0.717, 1.165) is 50.0 Å². The summed E-state index contributed by atoms with van der Waals surface area (Å²) >= 11 is 0. The Morgan fingerprint density at radius 1 is 1.32 bits per heavy atom. The number of nitrogens with one attached hydrogen (secondary N) is 2. The molecule has 7 nitrogen and oxygen atoms in total. The zero-order chi connectivity index (χ0) is 18.0. The van der Waals surface area contributed by atoms with Crippen molar-refractivity contribution in [3.05, 3.63) is 0 Å². The predicted molar refractivity (Wildman–Crippen MR) is 90.7 cm³/mol. The van der Waals surface area contributed by atoms with Gasteiger partial charge in [-0.25, -0.2) is 9.69 Å². The molecule has 1 unspecified atom stereocenters. The summed E-state index contributed by atoms with van der Waals surface area (Å²) in [4.78, 5) is 39.8. The lowest BCUT2D eigenvalue weighted by Gasteiger charge is -2.34. The van der Waals surface area contributed by atoms with Gasteiger partial charge in [-0.1, -0.05) is 6.92 Å². The van der Waals surface area contributed by atoms with Crippen LogP contribution in [0.4, 0.5) is 4.79 Å². The largest absolute Gasteiger partial charge is 0.466 e. The zero-order valence-electron chi connectivity index (χ0n) is 15.3. The summed E-state index contributed by atoms with van der Waals surface area (Å²) < 4.78 is 5.13. The molecule has 0 aromatic rings. The molecule has 3 amide bonds. The number of imide groups is 1. The van der Waals surface area contributed by atoms with Crippen molar-refractivity contribution in [1.29, 1.82) is 0 Å². The van der Waals surface area contributed by atoms with E-state index in [1.54, 1.807) is 0 Å². The molecule has 25 heavy (non-hydrogen) atoms. The van der Waals surface area contributed by atoms with Crippen molar-refractivity contribution in [3.63, 3.8) is 0 Å². The fourth-order valence-corrected chi connectivity index (χ4v) is 4.39. The number of ether oxygens (including phenoxy) is 1. The average Bonchev–Trinajstić information content (AvgIpc) is 2.83. The van der Waals surface area contributed by atoms with Crippen molar-refractivity contribution in [2.45, 2.75) is 57.9 Å². The molecule has 3 rings (SSSR count). The molecule has 140 valence electrons. The van der Waals surface area contributed by atoms with E-state index in [4.69, 9.17) is 4.74 Å². The van der Waals surface area contributed by atoms with Crippen molar-refractivity contribution < 1.29 is 24.0 Å². The maximum absolute atomic E-state index is 12.9. The third kappa shape index (κ3) is 3.66. The topological polar surface area (TPSA) is 80.2 Å². The summed E-state index contributed by atoms with van der Waals surface area (Å²) in [7, 11) is 0. The number of likely N-dealkylation sites (tertiary alicyclic amines) is 1. The Bertz CT molecular complexity index is 542. The minimum absolute atomic E-state index is 0.0739. The number of hydrogen-bond acceptors (Lipinski definition) is 4. The fraction of sp³-hybridized carbons (Fsp3) is 0.833. The van der Waals surface area contributed by atoms with Crippen LogP contribution < -0.4 is 10.2 Å². The van der Waals surface area contributed by atoms with Crippen LogP contribution >= 0.6 is 0 Å². The fourth-order valence-electron chi connectivity index (χ4n) is 4.39. The third-order valence-corrected chi connectivity index (χ3v) is 5.99. The third-order valence-electron chi connectivity index (χ3n) is 5.99. The molecule has 3 fully saturated rings. The molecule has 2 heterocycles. The van der Waals surface area contributed by atoms with Crippen LogP contribution in [0.15, 0.2) is 0 Å². The molecule has 7 heteroatoms. The predicted octanol–water partition coefficient (Wildman–Crippen LogP) is 0.303. The number of rotatable bonds is 4. The van der Waals surface area contributed by atoms with E-state index in [9.17, 15) is 14.4 Å². The standard InChI is InChI=1S/C18H29N3O4/c1-3-25-15(22)14-5-4-10-20(11-14)12-21-16(23)18(19-17(21)24)8-6-13(2)7-9-18/h13-14H,3-12H2,1-2H3,(H,19,24)/p+1/t13?,14-,18?/m0/s1. The van der Waals surface area contributed by atoms with Crippen LogP contribution in [0.5, 0.6) is 0 Å². The number of urea groups is 1. The van der Waals surface area contributed by atoms with Crippen molar-refractivity contribution in [3.8, 4) is 0 Å². The number of hydrogen-bond donors (Lipinski definition) is 2. The lowest BCUT2D eigenvalue weighted by atomic mass is 9.77. The molecule has 2 saturated heterocycles. The minimum atomic E-state index is -0.681. The molecule has 0 aromatic carbocycles. The molecule has 2 atom stereocenters. The van der Waals surface area contributed by atoms with Crippen molar-refractivity contribution >= 4 is 17.9 Å². The summed E-state index contributed by atoms with van der Waals surface area (Å²) in [6.07, 6.45) is 5.14. The number of carbonyl (C=O) groups is 3. The molecule has 1 saturated carbocycles. The number of piperidine rings is 1. The first-order valence-corrected chi connectivity index (χ1v) is 9.59. The number of carbonyl (C=O) groups excluding carboxylic acids is 3. The summed E-state index contributed by atoms with van der Waals surface area (Å²) in [6, 6.07) is -0.273. The van der Waals surface area contributed by atoms with Gasteiger partial charge in [0, 0.05) is 0 Å². The SMILES string of the molecule is CCOC(=O)[C@H]1CCC[NH+](CN2C(=O)NC3(CCC(C)CC3)C2=O)C1. The second-order valence-electron chi connectivity index (χ2n) is 7.88. The highest BCUT2D eigenvalue weighted by Crippen LogP contribution is 2.35. The number of esters is 1. The number of amides is 3. The van der Waals surface area contributed by atoms with E-state index in [0.29, 0.717) is 25.7 Å². The Hall–Kier alpha value is -1.63. The molecule has 1 spiro atoms. The van der Waals surface area contributed by atoms with Gasteiger partial charge in [0.2, 0.25) is 0 Å². The molecule has 3 aliphatic rings. The van der Waals surface area contributed by atoms with Gasteiger partial charge in [0.05, 0.1) is 19.7 Å². The number of quaternary nitrogens is 1.